The molecule has 0 saturated carbocycles. The van der Waals surface area contributed by atoms with E-state index in [-0.39, 0.29) is 18.1 Å². The summed E-state index contributed by atoms with van der Waals surface area (Å²) in [5.74, 6) is -1.32. The Labute approximate surface area is 114 Å². The Morgan fingerprint density at radius 2 is 2.26 bits per heavy atom. The summed E-state index contributed by atoms with van der Waals surface area (Å²) in [6.45, 7) is 1.69. The first-order valence-corrected chi connectivity index (χ1v) is 7.00. The smallest absolute Gasteiger partial charge is 0.327 e. The molecule has 102 valence electrons. The fourth-order valence-electron chi connectivity index (χ4n) is 2.10. The van der Waals surface area contributed by atoms with E-state index in [0.29, 0.717) is 11.3 Å². The Bertz CT molecular complexity index is 508. The summed E-state index contributed by atoms with van der Waals surface area (Å²) in [6, 6.07) is 5.10. The molecule has 6 heteroatoms. The van der Waals surface area contributed by atoms with Crippen LogP contribution < -0.4 is 0 Å². The molecule has 0 spiro atoms. The average molecular weight is 283 g/mol. The van der Waals surface area contributed by atoms with Crippen LogP contribution in [0.2, 0.25) is 0 Å². The maximum atomic E-state index is 13.3. The molecule has 1 N–H and O–H groups in total. The Morgan fingerprint density at radius 3 is 2.84 bits per heavy atom. The minimum atomic E-state index is -1.02. The largest absolute Gasteiger partial charge is 0.480 e. The lowest BCUT2D eigenvalue weighted by molar-refractivity contribution is -0.149. The highest BCUT2D eigenvalue weighted by molar-refractivity contribution is 7.99. The Morgan fingerprint density at radius 1 is 1.53 bits per heavy atom. The molecule has 1 aliphatic rings. The predicted octanol–water partition coefficient (Wildman–Crippen LogP) is 2.26. The van der Waals surface area contributed by atoms with Gasteiger partial charge in [0.15, 0.2) is 0 Å². The minimum absolute atomic E-state index is 0.230. The van der Waals surface area contributed by atoms with Crippen LogP contribution in [0.25, 0.3) is 0 Å². The number of nitrogens with zero attached hydrogens (tertiary/aromatic N) is 1. The van der Waals surface area contributed by atoms with Crippen molar-refractivity contribution in [1.82, 2.24) is 4.90 Å². The van der Waals surface area contributed by atoms with Crippen LogP contribution in [0.3, 0.4) is 0 Å². The van der Waals surface area contributed by atoms with Crippen LogP contribution in [0.5, 0.6) is 0 Å². The van der Waals surface area contributed by atoms with E-state index < -0.39 is 17.4 Å². The molecule has 1 saturated heterocycles. The molecule has 0 aliphatic carbocycles. The van der Waals surface area contributed by atoms with Gasteiger partial charge in [-0.2, -0.15) is 0 Å². The number of carboxylic acid groups (broad SMARTS) is 1. The van der Waals surface area contributed by atoms with Gasteiger partial charge in [0.25, 0.3) is 0 Å². The molecule has 1 aromatic carbocycles. The van der Waals surface area contributed by atoms with Gasteiger partial charge in [-0.25, -0.2) is 9.18 Å². The molecule has 1 fully saturated rings. The monoisotopic (exact) mass is 283 g/mol. The fraction of sp³-hybridized carbons (Fsp3) is 0.385. The second kappa shape index (κ2) is 5.61. The quantitative estimate of drug-likeness (QED) is 0.924. The summed E-state index contributed by atoms with van der Waals surface area (Å²) < 4.78 is 13.3. The van der Waals surface area contributed by atoms with E-state index >= 15 is 0 Å². The van der Waals surface area contributed by atoms with E-state index in [2.05, 4.69) is 0 Å². The van der Waals surface area contributed by atoms with Gasteiger partial charge in [-0.1, -0.05) is 19.1 Å². The second-order valence-corrected chi connectivity index (χ2v) is 5.36. The first-order chi connectivity index (χ1) is 9.04. The lowest BCUT2D eigenvalue weighted by Crippen LogP contribution is -2.42. The third-order valence-electron chi connectivity index (χ3n) is 3.01. The van der Waals surface area contributed by atoms with Crippen molar-refractivity contribution in [3.05, 3.63) is 35.6 Å². The number of amides is 1. The zero-order valence-corrected chi connectivity index (χ0v) is 11.2. The van der Waals surface area contributed by atoms with Crippen molar-refractivity contribution in [3.8, 4) is 0 Å². The number of carbonyl (C=O) groups is 2. The fourth-order valence-corrected chi connectivity index (χ4v) is 3.53. The Kier molecular flexibility index (Phi) is 4.09. The molecule has 2 rings (SSSR count). The summed E-state index contributed by atoms with van der Waals surface area (Å²) in [5, 5.41) is 8.74. The van der Waals surface area contributed by atoms with Crippen LogP contribution in [0, 0.1) is 5.82 Å². The first kappa shape index (κ1) is 13.9. The maximum Gasteiger partial charge on any atom is 0.327 e. The van der Waals surface area contributed by atoms with E-state index in [1.165, 1.54) is 28.8 Å². The maximum absolute atomic E-state index is 13.3. The number of benzene rings is 1. The van der Waals surface area contributed by atoms with Crippen LogP contribution in [0.4, 0.5) is 4.39 Å². The minimum Gasteiger partial charge on any atom is -0.480 e. The standard InChI is InChI=1S/C13H14FNO3S/c1-2-11(16)15-10(13(17)18)7-19-12(15)8-4-3-5-9(14)6-8/h3-6,10,12H,2,7H2,1H3,(H,17,18). The van der Waals surface area contributed by atoms with Gasteiger partial charge in [-0.15, -0.1) is 11.8 Å². The van der Waals surface area contributed by atoms with Gasteiger partial charge in [-0.3, -0.25) is 4.79 Å². The van der Waals surface area contributed by atoms with Crippen LogP contribution in [-0.4, -0.2) is 33.7 Å². The summed E-state index contributed by atoms with van der Waals surface area (Å²) in [5.41, 5.74) is 0.621. The van der Waals surface area contributed by atoms with Gasteiger partial charge in [0.1, 0.15) is 17.2 Å². The van der Waals surface area contributed by atoms with Crippen molar-refractivity contribution < 1.29 is 19.1 Å². The van der Waals surface area contributed by atoms with Crippen LogP contribution in [0.1, 0.15) is 24.3 Å². The lowest BCUT2D eigenvalue weighted by atomic mass is 10.1. The number of carbonyl (C=O) groups excluding carboxylic acids is 1. The SMILES string of the molecule is CCC(=O)N1C(C(=O)O)CSC1c1cccc(F)c1. The molecule has 1 amide bonds. The molecule has 1 heterocycles. The summed E-state index contributed by atoms with van der Waals surface area (Å²) in [7, 11) is 0. The van der Waals surface area contributed by atoms with Crippen molar-refractivity contribution >= 4 is 23.6 Å². The molecule has 0 radical (unpaired) electrons. The van der Waals surface area contributed by atoms with Crippen molar-refractivity contribution in [3.63, 3.8) is 0 Å². The highest BCUT2D eigenvalue weighted by Gasteiger charge is 2.41. The van der Waals surface area contributed by atoms with Crippen molar-refractivity contribution in [2.45, 2.75) is 24.8 Å². The number of carboxylic acids is 1. The Hall–Kier alpha value is -1.56. The van der Waals surface area contributed by atoms with E-state index in [9.17, 15) is 14.0 Å². The van der Waals surface area contributed by atoms with Crippen molar-refractivity contribution in [1.29, 1.82) is 0 Å². The van der Waals surface area contributed by atoms with Gasteiger partial charge in [-0.05, 0) is 17.7 Å². The van der Waals surface area contributed by atoms with Gasteiger partial charge >= 0.3 is 5.97 Å². The number of halogens is 1. The molecule has 1 aliphatic heterocycles. The summed E-state index contributed by atoms with van der Waals surface area (Å²) in [4.78, 5) is 24.5. The average Bonchev–Trinajstić information content (AvgIpc) is 2.82. The zero-order valence-electron chi connectivity index (χ0n) is 10.4. The predicted molar refractivity (Wildman–Crippen MR) is 70.2 cm³/mol. The topological polar surface area (TPSA) is 57.6 Å². The molecular formula is C13H14FNO3S. The van der Waals surface area contributed by atoms with Crippen molar-refractivity contribution in [2.24, 2.45) is 0 Å². The highest BCUT2D eigenvalue weighted by Crippen LogP contribution is 2.41. The number of thioether (sulfide) groups is 1. The molecule has 0 aromatic heterocycles. The number of hydrogen-bond acceptors (Lipinski definition) is 3. The van der Waals surface area contributed by atoms with Gasteiger partial charge in [0.05, 0.1) is 0 Å². The normalized spacial score (nSPS) is 22.5. The third kappa shape index (κ3) is 2.73. The van der Waals surface area contributed by atoms with E-state index in [0.717, 1.165) is 0 Å². The van der Waals surface area contributed by atoms with Crippen LogP contribution >= 0.6 is 11.8 Å². The summed E-state index contributed by atoms with van der Waals surface area (Å²) >= 11 is 1.35. The first-order valence-electron chi connectivity index (χ1n) is 5.95. The third-order valence-corrected chi connectivity index (χ3v) is 4.33. The molecule has 2 atom stereocenters. The van der Waals surface area contributed by atoms with Gasteiger partial charge in [0.2, 0.25) is 5.91 Å². The van der Waals surface area contributed by atoms with Crippen molar-refractivity contribution in [2.75, 3.05) is 5.75 Å². The molecular weight excluding hydrogens is 269 g/mol. The molecule has 1 aromatic rings. The second-order valence-electron chi connectivity index (χ2n) is 4.25. The number of rotatable bonds is 3. The van der Waals surface area contributed by atoms with E-state index in [1.807, 2.05) is 0 Å². The molecule has 4 nitrogen and oxygen atoms in total. The van der Waals surface area contributed by atoms with E-state index in [1.54, 1.807) is 19.1 Å². The van der Waals surface area contributed by atoms with Crippen LogP contribution in [0.15, 0.2) is 24.3 Å². The highest BCUT2D eigenvalue weighted by atomic mass is 32.2. The van der Waals surface area contributed by atoms with Gasteiger partial charge in [0, 0.05) is 12.2 Å². The van der Waals surface area contributed by atoms with Crippen LogP contribution in [-0.2, 0) is 9.59 Å². The zero-order chi connectivity index (χ0) is 14.0. The van der Waals surface area contributed by atoms with Gasteiger partial charge < -0.3 is 10.0 Å². The molecule has 19 heavy (non-hydrogen) atoms. The number of hydrogen-bond donors (Lipinski definition) is 1. The Balaban J connectivity index is 2.34. The summed E-state index contributed by atoms with van der Waals surface area (Å²) in [6.07, 6.45) is 0.232. The number of aliphatic carboxylic acids is 1. The lowest BCUT2D eigenvalue weighted by Gasteiger charge is -2.27. The molecule has 2 unspecified atom stereocenters. The molecule has 0 bridgehead atoms. The van der Waals surface area contributed by atoms with E-state index in [4.69, 9.17) is 5.11 Å².